The number of hydrogen-bond acceptors (Lipinski definition) is 2. The fraction of sp³-hybridized carbons (Fsp3) is 0.417. The van der Waals surface area contributed by atoms with Crippen molar-refractivity contribution in [1.29, 1.82) is 0 Å². The predicted molar refractivity (Wildman–Crippen MR) is 70.0 cm³/mol. The van der Waals surface area contributed by atoms with Gasteiger partial charge in [-0.25, -0.2) is 0 Å². The lowest BCUT2D eigenvalue weighted by Gasteiger charge is -2.12. The van der Waals surface area contributed by atoms with Crippen molar-refractivity contribution in [3.63, 3.8) is 0 Å². The molecule has 1 nitrogen and oxygen atoms in total. The van der Waals surface area contributed by atoms with E-state index in [0.717, 1.165) is 12.0 Å². The first-order valence-electron chi connectivity index (χ1n) is 4.91. The second-order valence-corrected chi connectivity index (χ2v) is 5.17. The summed E-state index contributed by atoms with van der Waals surface area (Å²) in [6, 6.07) is 6.30. The lowest BCUT2D eigenvalue weighted by atomic mass is 10.1. The third kappa shape index (κ3) is 3.08. The van der Waals surface area contributed by atoms with Gasteiger partial charge in [0.1, 0.15) is 5.78 Å². The fourth-order valence-electron chi connectivity index (χ4n) is 1.40. The Morgan fingerprint density at radius 3 is 2.67 bits per heavy atom. The number of alkyl halides is 1. The second kappa shape index (κ2) is 5.71. The zero-order chi connectivity index (χ0) is 11.4. The van der Waals surface area contributed by atoms with Gasteiger partial charge >= 0.3 is 0 Å². The van der Waals surface area contributed by atoms with E-state index in [9.17, 15) is 4.79 Å². The van der Waals surface area contributed by atoms with Crippen molar-refractivity contribution in [2.24, 2.45) is 0 Å². The van der Waals surface area contributed by atoms with E-state index in [4.69, 9.17) is 0 Å². The number of halogens is 1. The van der Waals surface area contributed by atoms with Crippen LogP contribution in [0.2, 0.25) is 0 Å². The van der Waals surface area contributed by atoms with E-state index in [1.165, 1.54) is 10.5 Å². The SMILES string of the molecule is CCc1ccc(C(Br)C(C)=O)c(SC)c1. The van der Waals surface area contributed by atoms with Crippen LogP contribution in [0, 0.1) is 0 Å². The summed E-state index contributed by atoms with van der Waals surface area (Å²) in [6.07, 6.45) is 3.07. The molecule has 15 heavy (non-hydrogen) atoms. The molecule has 0 heterocycles. The molecule has 0 spiro atoms. The molecule has 0 aromatic heterocycles. The summed E-state index contributed by atoms with van der Waals surface area (Å²) in [7, 11) is 0. The minimum atomic E-state index is -0.175. The first-order valence-corrected chi connectivity index (χ1v) is 7.05. The summed E-state index contributed by atoms with van der Waals surface area (Å²) in [4.78, 5) is 12.3. The molecular formula is C12H15BrOS. The van der Waals surface area contributed by atoms with E-state index in [1.54, 1.807) is 18.7 Å². The van der Waals surface area contributed by atoms with Crippen LogP contribution in [-0.2, 0) is 11.2 Å². The average molecular weight is 287 g/mol. The highest BCUT2D eigenvalue weighted by Gasteiger charge is 2.16. The van der Waals surface area contributed by atoms with Gasteiger partial charge in [-0.05, 0) is 36.8 Å². The van der Waals surface area contributed by atoms with Crippen molar-refractivity contribution in [1.82, 2.24) is 0 Å². The monoisotopic (exact) mass is 286 g/mol. The molecule has 0 saturated heterocycles. The van der Waals surface area contributed by atoms with Crippen molar-refractivity contribution < 1.29 is 4.79 Å². The van der Waals surface area contributed by atoms with Gasteiger partial charge in [0, 0.05) is 4.90 Å². The fourth-order valence-corrected chi connectivity index (χ4v) is 2.65. The second-order valence-electron chi connectivity index (χ2n) is 3.40. The molecule has 0 aliphatic rings. The lowest BCUT2D eigenvalue weighted by molar-refractivity contribution is -0.116. The number of aryl methyl sites for hydroxylation is 1. The van der Waals surface area contributed by atoms with Gasteiger partial charge in [-0.15, -0.1) is 11.8 Å². The molecule has 0 radical (unpaired) electrons. The van der Waals surface area contributed by atoms with Crippen molar-refractivity contribution in [3.05, 3.63) is 29.3 Å². The van der Waals surface area contributed by atoms with E-state index in [2.05, 4.69) is 35.0 Å². The highest BCUT2D eigenvalue weighted by molar-refractivity contribution is 9.09. The largest absolute Gasteiger partial charge is 0.298 e. The van der Waals surface area contributed by atoms with E-state index in [1.807, 2.05) is 12.3 Å². The molecule has 0 aliphatic carbocycles. The average Bonchev–Trinajstić information content (AvgIpc) is 2.27. The highest BCUT2D eigenvalue weighted by atomic mass is 79.9. The quantitative estimate of drug-likeness (QED) is 0.615. The summed E-state index contributed by atoms with van der Waals surface area (Å²) < 4.78 is 0. The minimum absolute atomic E-state index is 0.148. The molecule has 0 fully saturated rings. The predicted octanol–water partition coefficient (Wildman–Crippen LogP) is 4.00. The van der Waals surface area contributed by atoms with Gasteiger partial charge in [0.15, 0.2) is 0 Å². The molecule has 1 aromatic carbocycles. The first-order chi connectivity index (χ1) is 7.10. The molecule has 0 aliphatic heterocycles. The van der Waals surface area contributed by atoms with E-state index in [0.29, 0.717) is 0 Å². The first kappa shape index (κ1) is 12.8. The maximum Gasteiger partial charge on any atom is 0.147 e. The van der Waals surface area contributed by atoms with Gasteiger partial charge in [-0.3, -0.25) is 4.79 Å². The summed E-state index contributed by atoms with van der Waals surface area (Å²) in [5.41, 5.74) is 2.39. The van der Waals surface area contributed by atoms with Gasteiger partial charge in [-0.2, -0.15) is 0 Å². The van der Waals surface area contributed by atoms with Crippen LogP contribution in [-0.4, -0.2) is 12.0 Å². The Morgan fingerprint density at radius 2 is 2.20 bits per heavy atom. The molecule has 0 bridgehead atoms. The third-order valence-corrected chi connectivity index (χ3v) is 4.27. The van der Waals surface area contributed by atoms with Gasteiger partial charge in [-0.1, -0.05) is 35.0 Å². The van der Waals surface area contributed by atoms with E-state index in [-0.39, 0.29) is 10.6 Å². The number of carbonyl (C=O) groups is 1. The molecule has 0 N–H and O–H groups in total. The molecule has 1 unspecified atom stereocenters. The normalized spacial score (nSPS) is 12.5. The molecule has 0 saturated carbocycles. The number of thioether (sulfide) groups is 1. The number of carbonyl (C=O) groups excluding carboxylic acids is 1. The smallest absolute Gasteiger partial charge is 0.147 e. The zero-order valence-electron chi connectivity index (χ0n) is 9.21. The number of rotatable bonds is 4. The summed E-state index contributed by atoms with van der Waals surface area (Å²) in [5.74, 6) is 0.148. The van der Waals surface area contributed by atoms with Gasteiger partial charge in [0.2, 0.25) is 0 Å². The van der Waals surface area contributed by atoms with Crippen molar-refractivity contribution in [2.75, 3.05) is 6.26 Å². The Labute approximate surface area is 104 Å². The van der Waals surface area contributed by atoms with E-state index < -0.39 is 0 Å². The summed E-state index contributed by atoms with van der Waals surface area (Å²) in [6.45, 7) is 3.74. The maximum atomic E-state index is 11.3. The van der Waals surface area contributed by atoms with Crippen LogP contribution in [0.5, 0.6) is 0 Å². The third-order valence-electron chi connectivity index (χ3n) is 2.34. The van der Waals surface area contributed by atoms with Crippen LogP contribution in [0.15, 0.2) is 23.1 Å². The Balaban J connectivity index is 3.12. The molecule has 3 heteroatoms. The number of benzene rings is 1. The molecule has 1 rings (SSSR count). The molecular weight excluding hydrogens is 272 g/mol. The van der Waals surface area contributed by atoms with E-state index >= 15 is 0 Å². The molecule has 1 aromatic rings. The molecule has 82 valence electrons. The number of ketones is 1. The minimum Gasteiger partial charge on any atom is -0.298 e. The van der Waals surface area contributed by atoms with Crippen LogP contribution >= 0.6 is 27.7 Å². The van der Waals surface area contributed by atoms with Crippen molar-refractivity contribution in [3.8, 4) is 0 Å². The topological polar surface area (TPSA) is 17.1 Å². The van der Waals surface area contributed by atoms with Gasteiger partial charge < -0.3 is 0 Å². The van der Waals surface area contributed by atoms with Gasteiger partial charge in [0.25, 0.3) is 0 Å². The van der Waals surface area contributed by atoms with Crippen LogP contribution < -0.4 is 0 Å². The number of Topliss-reactive ketones (excluding diaryl/α,β-unsaturated/α-hetero) is 1. The van der Waals surface area contributed by atoms with Gasteiger partial charge in [0.05, 0.1) is 4.83 Å². The summed E-state index contributed by atoms with van der Waals surface area (Å²) in [5, 5.41) is 0. The Kier molecular flexibility index (Phi) is 4.87. The van der Waals surface area contributed by atoms with Crippen molar-refractivity contribution >= 4 is 33.5 Å². The zero-order valence-corrected chi connectivity index (χ0v) is 11.6. The standard InChI is InChI=1S/C12H15BrOS/c1-4-9-5-6-10(11(7-9)15-3)12(13)8(2)14/h5-7,12H,4H2,1-3H3. The Hall–Kier alpha value is -0.280. The van der Waals surface area contributed by atoms with Crippen LogP contribution in [0.25, 0.3) is 0 Å². The molecule has 1 atom stereocenters. The summed E-state index contributed by atoms with van der Waals surface area (Å²) >= 11 is 5.11. The Bertz CT molecular complexity index is 363. The Morgan fingerprint density at radius 1 is 1.53 bits per heavy atom. The lowest BCUT2D eigenvalue weighted by Crippen LogP contribution is -2.02. The molecule has 0 amide bonds. The highest BCUT2D eigenvalue weighted by Crippen LogP contribution is 2.32. The van der Waals surface area contributed by atoms with Crippen LogP contribution in [0.3, 0.4) is 0 Å². The van der Waals surface area contributed by atoms with Crippen LogP contribution in [0.1, 0.15) is 29.8 Å². The van der Waals surface area contributed by atoms with Crippen molar-refractivity contribution in [2.45, 2.75) is 30.0 Å². The maximum absolute atomic E-state index is 11.3. The van der Waals surface area contributed by atoms with Crippen LogP contribution in [0.4, 0.5) is 0 Å². The number of hydrogen-bond donors (Lipinski definition) is 0.